The Morgan fingerprint density at radius 3 is 2.36 bits per heavy atom. The lowest BCUT2D eigenvalue weighted by Crippen LogP contribution is -2.21. The lowest BCUT2D eigenvalue weighted by atomic mass is 10.2. The van der Waals surface area contributed by atoms with E-state index in [9.17, 15) is 18.0 Å². The molecule has 0 bridgehead atoms. The van der Waals surface area contributed by atoms with E-state index < -0.39 is 17.8 Å². The van der Waals surface area contributed by atoms with Crippen LogP contribution in [0.2, 0.25) is 0 Å². The average molecular weight is 207 g/mol. The van der Waals surface area contributed by atoms with Gasteiger partial charge in [-0.1, -0.05) is 0 Å². The average Bonchev–Trinajstić information content (AvgIpc) is 1.96. The summed E-state index contributed by atoms with van der Waals surface area (Å²) in [7, 11) is 0. The minimum absolute atomic E-state index is 0.375. The van der Waals surface area contributed by atoms with Crippen LogP contribution in [0.25, 0.3) is 0 Å². The van der Waals surface area contributed by atoms with E-state index in [0.717, 1.165) is 6.07 Å². The Bertz CT molecular complexity index is 395. The molecule has 6 heteroatoms. The van der Waals surface area contributed by atoms with Crippen LogP contribution in [0.4, 0.5) is 13.2 Å². The van der Waals surface area contributed by atoms with Gasteiger partial charge in [0.25, 0.3) is 5.56 Å². The lowest BCUT2D eigenvalue weighted by molar-refractivity contribution is -0.276. The van der Waals surface area contributed by atoms with E-state index in [-0.39, 0.29) is 0 Å². The zero-order valence-electron chi connectivity index (χ0n) is 7.53. The minimum Gasteiger partial charge on any atom is -0.390 e. The molecule has 1 N–H and O–H groups in total. The molecule has 1 aromatic heterocycles. The van der Waals surface area contributed by atoms with Crippen LogP contribution in [-0.2, 0) is 0 Å². The number of ether oxygens (including phenoxy) is 1. The maximum absolute atomic E-state index is 11.8. The minimum atomic E-state index is -4.79. The van der Waals surface area contributed by atoms with Crippen molar-refractivity contribution in [2.24, 2.45) is 0 Å². The van der Waals surface area contributed by atoms with Crippen molar-refractivity contribution in [3.05, 3.63) is 27.5 Å². The van der Waals surface area contributed by atoms with Gasteiger partial charge in [-0.25, -0.2) is 0 Å². The van der Waals surface area contributed by atoms with Crippen LogP contribution in [0.3, 0.4) is 0 Å². The second kappa shape index (κ2) is 3.36. The predicted molar refractivity (Wildman–Crippen MR) is 43.2 cm³/mol. The number of hydrogen-bond donors (Lipinski definition) is 1. The molecule has 0 radical (unpaired) electrons. The van der Waals surface area contributed by atoms with E-state index in [1.165, 1.54) is 13.8 Å². The van der Waals surface area contributed by atoms with Crippen LogP contribution in [-0.4, -0.2) is 11.3 Å². The van der Waals surface area contributed by atoms with Crippen molar-refractivity contribution in [2.75, 3.05) is 0 Å². The van der Waals surface area contributed by atoms with Gasteiger partial charge >= 0.3 is 6.36 Å². The number of hydrogen-bond acceptors (Lipinski definition) is 2. The second-order valence-electron chi connectivity index (χ2n) is 2.82. The standard InChI is InChI=1S/C8H8F3NO2/c1-4-3-6(14-8(9,10)11)12-7(13)5(4)2/h3H,1-2H3,(H,12,13). The highest BCUT2D eigenvalue weighted by Crippen LogP contribution is 2.20. The van der Waals surface area contributed by atoms with Crippen LogP contribution in [0.15, 0.2) is 10.9 Å². The molecule has 0 aliphatic rings. The molecule has 14 heavy (non-hydrogen) atoms. The first-order valence-corrected chi connectivity index (χ1v) is 3.76. The number of aromatic amines is 1. The first-order chi connectivity index (χ1) is 6.29. The van der Waals surface area contributed by atoms with E-state index in [1.807, 2.05) is 4.98 Å². The molecule has 0 spiro atoms. The van der Waals surface area contributed by atoms with Gasteiger partial charge in [0.05, 0.1) is 0 Å². The van der Waals surface area contributed by atoms with Crippen molar-refractivity contribution in [3.63, 3.8) is 0 Å². The predicted octanol–water partition coefficient (Wildman–Crippen LogP) is 1.89. The highest BCUT2D eigenvalue weighted by molar-refractivity contribution is 5.26. The summed E-state index contributed by atoms with van der Waals surface area (Å²) in [6.45, 7) is 3.05. The fourth-order valence-corrected chi connectivity index (χ4v) is 0.905. The number of halogens is 3. The van der Waals surface area contributed by atoms with Gasteiger partial charge in [0.15, 0.2) is 0 Å². The molecule has 0 atom stereocenters. The molecule has 0 amide bonds. The molecule has 0 unspecified atom stereocenters. The molecule has 0 aliphatic carbocycles. The lowest BCUT2D eigenvalue weighted by Gasteiger charge is -2.09. The third kappa shape index (κ3) is 2.51. The Kier molecular flexibility index (Phi) is 2.55. The Labute approximate surface area is 77.5 Å². The van der Waals surface area contributed by atoms with Gasteiger partial charge in [-0.3, -0.25) is 9.78 Å². The second-order valence-corrected chi connectivity index (χ2v) is 2.82. The SMILES string of the molecule is Cc1cc(OC(F)(F)F)[nH]c(=O)c1C. The molecule has 78 valence electrons. The summed E-state index contributed by atoms with van der Waals surface area (Å²) >= 11 is 0. The highest BCUT2D eigenvalue weighted by Gasteiger charge is 2.31. The maximum Gasteiger partial charge on any atom is 0.574 e. The van der Waals surface area contributed by atoms with Gasteiger partial charge in [-0.15, -0.1) is 13.2 Å². The molecule has 3 nitrogen and oxygen atoms in total. The Morgan fingerprint density at radius 1 is 1.36 bits per heavy atom. The molecule has 0 saturated carbocycles. The number of aromatic nitrogens is 1. The van der Waals surface area contributed by atoms with E-state index >= 15 is 0 Å². The van der Waals surface area contributed by atoms with Crippen molar-refractivity contribution in [3.8, 4) is 5.88 Å². The zero-order valence-corrected chi connectivity index (χ0v) is 7.53. The van der Waals surface area contributed by atoms with E-state index in [1.54, 1.807) is 0 Å². The van der Waals surface area contributed by atoms with Gasteiger partial charge < -0.3 is 4.74 Å². The highest BCUT2D eigenvalue weighted by atomic mass is 19.4. The van der Waals surface area contributed by atoms with Crippen LogP contribution >= 0.6 is 0 Å². The van der Waals surface area contributed by atoms with E-state index in [4.69, 9.17) is 0 Å². The third-order valence-electron chi connectivity index (χ3n) is 1.74. The quantitative estimate of drug-likeness (QED) is 0.764. The summed E-state index contributed by atoms with van der Waals surface area (Å²) in [5.41, 5.74) is 0.247. The molecule has 0 saturated heterocycles. The largest absolute Gasteiger partial charge is 0.574 e. The number of aryl methyl sites for hydroxylation is 1. The summed E-state index contributed by atoms with van der Waals surface area (Å²) in [6, 6.07) is 1.13. The van der Waals surface area contributed by atoms with Crippen molar-refractivity contribution >= 4 is 0 Å². The van der Waals surface area contributed by atoms with Crippen molar-refractivity contribution in [2.45, 2.75) is 20.2 Å². The molecule has 1 heterocycles. The fraction of sp³-hybridized carbons (Fsp3) is 0.375. The van der Waals surface area contributed by atoms with Crippen LogP contribution in [0, 0.1) is 13.8 Å². The summed E-state index contributed by atoms with van der Waals surface area (Å²) < 4.78 is 38.8. The smallest absolute Gasteiger partial charge is 0.390 e. The van der Waals surface area contributed by atoms with Gasteiger partial charge in [0.1, 0.15) is 0 Å². The molecular weight excluding hydrogens is 199 g/mol. The molecule has 1 aromatic rings. The summed E-state index contributed by atoms with van der Waals surface area (Å²) in [5.74, 6) is -0.592. The Balaban J connectivity index is 3.08. The topological polar surface area (TPSA) is 42.1 Å². The van der Waals surface area contributed by atoms with Crippen LogP contribution in [0.5, 0.6) is 5.88 Å². The monoisotopic (exact) mass is 207 g/mol. The molecule has 0 fully saturated rings. The van der Waals surface area contributed by atoms with E-state index in [0.29, 0.717) is 11.1 Å². The third-order valence-corrected chi connectivity index (χ3v) is 1.74. The van der Waals surface area contributed by atoms with Crippen molar-refractivity contribution in [1.29, 1.82) is 0 Å². The van der Waals surface area contributed by atoms with Crippen LogP contribution < -0.4 is 10.3 Å². The van der Waals surface area contributed by atoms with Gasteiger partial charge in [-0.05, 0) is 19.4 Å². The normalized spacial score (nSPS) is 11.5. The fourth-order valence-electron chi connectivity index (χ4n) is 0.905. The number of nitrogens with one attached hydrogen (secondary N) is 1. The van der Waals surface area contributed by atoms with Crippen molar-refractivity contribution < 1.29 is 17.9 Å². The number of pyridine rings is 1. The van der Waals surface area contributed by atoms with Gasteiger partial charge in [0, 0.05) is 11.6 Å². The first-order valence-electron chi connectivity index (χ1n) is 3.76. The summed E-state index contributed by atoms with van der Waals surface area (Å²) in [5, 5.41) is 0. The Hall–Kier alpha value is -1.46. The Morgan fingerprint density at radius 2 is 1.93 bits per heavy atom. The maximum atomic E-state index is 11.8. The zero-order chi connectivity index (χ0) is 10.9. The first kappa shape index (κ1) is 10.6. The number of H-pyrrole nitrogens is 1. The molecule has 1 rings (SSSR count). The molecular formula is C8H8F3NO2. The molecule has 0 aliphatic heterocycles. The molecule has 0 aromatic carbocycles. The summed E-state index contributed by atoms with van der Waals surface area (Å²) in [4.78, 5) is 13.0. The van der Waals surface area contributed by atoms with Crippen molar-refractivity contribution in [1.82, 2.24) is 4.98 Å². The van der Waals surface area contributed by atoms with Gasteiger partial charge in [0.2, 0.25) is 5.88 Å². The number of alkyl halides is 3. The summed E-state index contributed by atoms with van der Waals surface area (Å²) in [6.07, 6.45) is -4.79. The number of rotatable bonds is 1. The van der Waals surface area contributed by atoms with E-state index in [2.05, 4.69) is 4.74 Å². The van der Waals surface area contributed by atoms with Crippen LogP contribution in [0.1, 0.15) is 11.1 Å². The van der Waals surface area contributed by atoms with Gasteiger partial charge in [-0.2, -0.15) is 0 Å².